The summed E-state index contributed by atoms with van der Waals surface area (Å²) in [4.78, 5) is 0. The van der Waals surface area contributed by atoms with Crippen molar-refractivity contribution in [3.8, 4) is 0 Å². The first-order valence-electron chi connectivity index (χ1n) is 7.11. The van der Waals surface area contributed by atoms with E-state index >= 15 is 0 Å². The van der Waals surface area contributed by atoms with Crippen molar-refractivity contribution >= 4 is 15.9 Å². The summed E-state index contributed by atoms with van der Waals surface area (Å²) in [5, 5.41) is 3.08. The lowest BCUT2D eigenvalue weighted by atomic mass is 10.00. The molecule has 1 unspecified atom stereocenters. The highest BCUT2D eigenvalue weighted by atomic mass is 32.2. The van der Waals surface area contributed by atoms with E-state index in [0.717, 1.165) is 19.4 Å². The number of anilines is 1. The fraction of sp³-hybridized carbons (Fsp3) is 0.571. The highest BCUT2D eigenvalue weighted by Crippen LogP contribution is 2.22. The minimum absolute atomic E-state index is 0.297. The predicted octanol–water partition coefficient (Wildman–Crippen LogP) is 1.72. The molecule has 1 fully saturated rings. The average molecular weight is 315 g/mol. The number of nitrogens with zero attached hydrogens (tertiary/aromatic N) is 1. The van der Waals surface area contributed by atoms with Gasteiger partial charge in [0.2, 0.25) is 0 Å². The van der Waals surface area contributed by atoms with Crippen LogP contribution in [0.1, 0.15) is 18.4 Å². The first-order chi connectivity index (χ1) is 9.92. The molecule has 0 radical (unpaired) electrons. The molecule has 2 rings (SSSR count). The molecule has 1 atom stereocenters. The third kappa shape index (κ3) is 4.15. The average Bonchev–Trinajstić information content (AvgIpc) is 2.43. The molecule has 1 aromatic rings. The van der Waals surface area contributed by atoms with Gasteiger partial charge in [-0.05, 0) is 57.0 Å². The molecule has 0 aromatic heterocycles. The number of benzene rings is 1. The van der Waals surface area contributed by atoms with Crippen LogP contribution in [0.2, 0.25) is 0 Å². The lowest BCUT2D eigenvalue weighted by Gasteiger charge is -2.32. The molecular formula is C14H22FN3O2S. The second-order valence-corrected chi connectivity index (χ2v) is 7.16. The van der Waals surface area contributed by atoms with Gasteiger partial charge in [0.25, 0.3) is 0 Å². The van der Waals surface area contributed by atoms with Crippen LogP contribution in [0.5, 0.6) is 0 Å². The van der Waals surface area contributed by atoms with Gasteiger partial charge >= 0.3 is 10.2 Å². The molecular weight excluding hydrogens is 293 g/mol. The van der Waals surface area contributed by atoms with E-state index in [9.17, 15) is 12.8 Å². The molecule has 0 saturated carbocycles. The maximum atomic E-state index is 13.3. The number of hydrogen-bond acceptors (Lipinski definition) is 3. The number of nitrogens with one attached hydrogen (secondary N) is 2. The van der Waals surface area contributed by atoms with Gasteiger partial charge in [-0.2, -0.15) is 12.7 Å². The van der Waals surface area contributed by atoms with Crippen molar-refractivity contribution in [3.63, 3.8) is 0 Å². The molecule has 0 bridgehead atoms. The molecule has 2 N–H and O–H groups in total. The minimum atomic E-state index is -3.64. The van der Waals surface area contributed by atoms with Crippen molar-refractivity contribution in [1.82, 2.24) is 9.62 Å². The predicted molar refractivity (Wildman–Crippen MR) is 81.9 cm³/mol. The van der Waals surface area contributed by atoms with Crippen molar-refractivity contribution in [2.24, 2.45) is 5.92 Å². The van der Waals surface area contributed by atoms with E-state index in [1.807, 2.05) is 7.05 Å². The Balaban J connectivity index is 2.12. The van der Waals surface area contributed by atoms with Gasteiger partial charge in [-0.15, -0.1) is 0 Å². The van der Waals surface area contributed by atoms with Crippen LogP contribution < -0.4 is 10.0 Å². The number of piperidine rings is 1. The number of rotatable bonds is 5. The Morgan fingerprint density at radius 2 is 2.19 bits per heavy atom. The van der Waals surface area contributed by atoms with Gasteiger partial charge in [-0.1, -0.05) is 6.07 Å². The van der Waals surface area contributed by atoms with E-state index in [1.165, 1.54) is 16.4 Å². The van der Waals surface area contributed by atoms with Crippen LogP contribution in [0, 0.1) is 18.7 Å². The molecule has 1 aliphatic rings. The van der Waals surface area contributed by atoms with Gasteiger partial charge in [0.1, 0.15) is 5.82 Å². The van der Waals surface area contributed by atoms with Crippen LogP contribution in [-0.2, 0) is 10.2 Å². The zero-order chi connectivity index (χ0) is 15.5. The molecule has 21 heavy (non-hydrogen) atoms. The summed E-state index contributed by atoms with van der Waals surface area (Å²) in [6.45, 7) is 3.54. The van der Waals surface area contributed by atoms with E-state index in [1.54, 1.807) is 13.0 Å². The summed E-state index contributed by atoms with van der Waals surface area (Å²) in [5.74, 6) is -0.140. The molecule has 0 amide bonds. The Labute approximate surface area is 125 Å². The van der Waals surface area contributed by atoms with Gasteiger partial charge < -0.3 is 5.32 Å². The summed E-state index contributed by atoms with van der Waals surface area (Å²) >= 11 is 0. The lowest BCUT2D eigenvalue weighted by Crippen LogP contribution is -2.44. The van der Waals surface area contributed by atoms with Crippen LogP contribution in [-0.4, -0.2) is 39.4 Å². The minimum Gasteiger partial charge on any atom is -0.319 e. The monoisotopic (exact) mass is 315 g/mol. The number of aryl methyl sites for hydroxylation is 1. The van der Waals surface area contributed by atoms with Gasteiger partial charge in [0.05, 0.1) is 5.69 Å². The SMILES string of the molecule is CNCC1CCCN(S(=O)(=O)Nc2cc(F)ccc2C)C1. The van der Waals surface area contributed by atoms with Crippen molar-refractivity contribution < 1.29 is 12.8 Å². The second kappa shape index (κ2) is 6.72. The Kier molecular flexibility index (Phi) is 5.18. The summed E-state index contributed by atoms with van der Waals surface area (Å²) < 4.78 is 42.1. The Morgan fingerprint density at radius 3 is 2.90 bits per heavy atom. The van der Waals surface area contributed by atoms with Crippen LogP contribution in [0.3, 0.4) is 0 Å². The molecule has 1 aromatic carbocycles. The lowest BCUT2D eigenvalue weighted by molar-refractivity contribution is 0.264. The molecule has 1 aliphatic heterocycles. The summed E-state index contributed by atoms with van der Waals surface area (Å²) in [6, 6.07) is 4.09. The Bertz CT molecular complexity index is 590. The van der Waals surface area contributed by atoms with E-state index in [-0.39, 0.29) is 0 Å². The standard InChI is InChI=1S/C14H22FN3O2S/c1-11-5-6-13(15)8-14(11)17-21(19,20)18-7-3-4-12(10-18)9-16-2/h5-6,8,12,16-17H,3-4,7,9-10H2,1-2H3. The molecule has 0 spiro atoms. The zero-order valence-corrected chi connectivity index (χ0v) is 13.2. The Hall–Kier alpha value is -1.18. The molecule has 0 aliphatic carbocycles. The third-order valence-electron chi connectivity index (χ3n) is 3.75. The normalized spacial score (nSPS) is 20.4. The summed E-state index contributed by atoms with van der Waals surface area (Å²) in [5.41, 5.74) is 0.995. The summed E-state index contributed by atoms with van der Waals surface area (Å²) in [7, 11) is -1.78. The fourth-order valence-electron chi connectivity index (χ4n) is 2.61. The van der Waals surface area contributed by atoms with Gasteiger partial charge in [0.15, 0.2) is 0 Å². The quantitative estimate of drug-likeness (QED) is 0.870. The van der Waals surface area contributed by atoms with Crippen molar-refractivity contribution in [3.05, 3.63) is 29.6 Å². The smallest absolute Gasteiger partial charge is 0.301 e. The fourth-order valence-corrected chi connectivity index (χ4v) is 4.01. The van der Waals surface area contributed by atoms with Crippen LogP contribution >= 0.6 is 0 Å². The van der Waals surface area contributed by atoms with E-state index in [2.05, 4.69) is 10.0 Å². The van der Waals surface area contributed by atoms with Crippen LogP contribution in [0.4, 0.5) is 10.1 Å². The Morgan fingerprint density at radius 1 is 1.43 bits per heavy atom. The van der Waals surface area contributed by atoms with Crippen molar-refractivity contribution in [2.75, 3.05) is 31.4 Å². The maximum absolute atomic E-state index is 13.3. The molecule has 118 valence electrons. The highest BCUT2D eigenvalue weighted by Gasteiger charge is 2.28. The van der Waals surface area contributed by atoms with Gasteiger partial charge in [0, 0.05) is 13.1 Å². The molecule has 5 nitrogen and oxygen atoms in total. The number of hydrogen-bond donors (Lipinski definition) is 2. The van der Waals surface area contributed by atoms with Crippen molar-refractivity contribution in [1.29, 1.82) is 0 Å². The first-order valence-corrected chi connectivity index (χ1v) is 8.55. The second-order valence-electron chi connectivity index (χ2n) is 5.49. The van der Waals surface area contributed by atoms with E-state index < -0.39 is 16.0 Å². The molecule has 7 heteroatoms. The highest BCUT2D eigenvalue weighted by molar-refractivity contribution is 7.90. The van der Waals surface area contributed by atoms with Crippen molar-refractivity contribution in [2.45, 2.75) is 19.8 Å². The van der Waals surface area contributed by atoms with Crippen LogP contribution in [0.25, 0.3) is 0 Å². The first kappa shape index (κ1) is 16.2. The summed E-state index contributed by atoms with van der Waals surface area (Å²) in [6.07, 6.45) is 1.86. The van der Waals surface area contributed by atoms with Gasteiger partial charge in [-0.25, -0.2) is 4.39 Å². The maximum Gasteiger partial charge on any atom is 0.301 e. The topological polar surface area (TPSA) is 61.4 Å². The largest absolute Gasteiger partial charge is 0.319 e. The third-order valence-corrected chi connectivity index (χ3v) is 5.24. The zero-order valence-electron chi connectivity index (χ0n) is 12.4. The van der Waals surface area contributed by atoms with E-state index in [0.29, 0.717) is 30.3 Å². The molecule has 1 saturated heterocycles. The number of halogens is 1. The van der Waals surface area contributed by atoms with E-state index in [4.69, 9.17) is 0 Å². The van der Waals surface area contributed by atoms with Gasteiger partial charge in [-0.3, -0.25) is 4.72 Å². The molecule has 1 heterocycles. The van der Waals surface area contributed by atoms with Crippen LogP contribution in [0.15, 0.2) is 18.2 Å².